The minimum atomic E-state index is -0.459. The third-order valence-corrected chi connectivity index (χ3v) is 7.07. The van der Waals surface area contributed by atoms with Gasteiger partial charge in [0.05, 0.1) is 5.75 Å². The number of rotatable bonds is 10. The Kier molecular flexibility index (Phi) is 9.87. The lowest BCUT2D eigenvalue weighted by atomic mass is 10.2. The van der Waals surface area contributed by atoms with Crippen LogP contribution in [0.3, 0.4) is 0 Å². The molecule has 0 aliphatic carbocycles. The van der Waals surface area contributed by atoms with Crippen molar-refractivity contribution in [1.82, 2.24) is 5.32 Å². The summed E-state index contributed by atoms with van der Waals surface area (Å²) >= 11 is 2.84. The minimum Gasteiger partial charge on any atom is -0.326 e. The lowest BCUT2D eigenvalue weighted by Gasteiger charge is -2.11. The van der Waals surface area contributed by atoms with E-state index in [1.807, 2.05) is 22.9 Å². The van der Waals surface area contributed by atoms with E-state index in [1.165, 1.54) is 30.0 Å². The Balaban J connectivity index is 1.32. The first-order chi connectivity index (χ1) is 19.4. The van der Waals surface area contributed by atoms with Crippen molar-refractivity contribution in [2.75, 3.05) is 21.7 Å². The molecule has 4 aromatic rings. The Morgan fingerprint density at radius 2 is 1.40 bits per heavy atom. The molecule has 0 saturated heterocycles. The minimum absolute atomic E-state index is 0.118. The van der Waals surface area contributed by atoms with E-state index in [9.17, 15) is 19.2 Å². The summed E-state index contributed by atoms with van der Waals surface area (Å²) in [5.41, 5.74) is 3.19. The second kappa shape index (κ2) is 13.9. The molecule has 1 heterocycles. The summed E-state index contributed by atoms with van der Waals surface area (Å²) in [6.07, 6.45) is 1.63. The summed E-state index contributed by atoms with van der Waals surface area (Å²) in [5, 5.41) is 14.8. The summed E-state index contributed by atoms with van der Waals surface area (Å²) in [4.78, 5) is 50.1. The zero-order valence-electron chi connectivity index (χ0n) is 21.5. The van der Waals surface area contributed by atoms with Gasteiger partial charge in [-0.3, -0.25) is 19.2 Å². The molecule has 202 valence electrons. The van der Waals surface area contributed by atoms with Crippen LogP contribution in [0.5, 0.6) is 0 Å². The Labute approximate surface area is 239 Å². The fourth-order valence-electron chi connectivity index (χ4n) is 3.49. The van der Waals surface area contributed by atoms with Crippen molar-refractivity contribution >= 4 is 69.9 Å². The van der Waals surface area contributed by atoms with Crippen LogP contribution in [0.4, 0.5) is 17.1 Å². The monoisotopic (exact) mass is 570 g/mol. The van der Waals surface area contributed by atoms with Crippen molar-refractivity contribution in [3.8, 4) is 0 Å². The molecular formula is C30H26N4O4S2. The topological polar surface area (TPSA) is 116 Å². The van der Waals surface area contributed by atoms with Gasteiger partial charge in [-0.1, -0.05) is 18.2 Å². The molecule has 4 rings (SSSR count). The maximum atomic E-state index is 13.1. The largest absolute Gasteiger partial charge is 0.326 e. The van der Waals surface area contributed by atoms with Gasteiger partial charge < -0.3 is 21.3 Å². The maximum Gasteiger partial charge on any atom is 0.272 e. The zero-order chi connectivity index (χ0) is 28.3. The van der Waals surface area contributed by atoms with E-state index in [0.717, 1.165) is 10.5 Å². The Morgan fingerprint density at radius 1 is 0.775 bits per heavy atom. The van der Waals surface area contributed by atoms with Gasteiger partial charge in [-0.25, -0.2) is 0 Å². The third-order valence-electron chi connectivity index (χ3n) is 5.35. The molecular weight excluding hydrogens is 544 g/mol. The fourth-order valence-corrected chi connectivity index (χ4v) is 4.80. The standard InChI is InChI=1S/C30H26N4O4S2/c1-20(35)31-23-7-9-24(10-8-23)32-28(36)19-40-26-13-11-25(12-14-26)33-30(38)27(17-21-15-16-39-18-21)34-29(37)22-5-3-2-4-6-22/h2-18H,19H2,1H3,(H,31,35)(H,32,36)(H,33,38)(H,34,37)/b27-17-. The van der Waals surface area contributed by atoms with Gasteiger partial charge >= 0.3 is 0 Å². The van der Waals surface area contributed by atoms with Gasteiger partial charge in [-0.05, 0) is 89.1 Å². The molecule has 0 radical (unpaired) electrons. The number of anilines is 3. The van der Waals surface area contributed by atoms with E-state index in [-0.39, 0.29) is 29.2 Å². The highest BCUT2D eigenvalue weighted by atomic mass is 32.2. The average Bonchev–Trinajstić information content (AvgIpc) is 3.47. The first-order valence-electron chi connectivity index (χ1n) is 12.2. The summed E-state index contributed by atoms with van der Waals surface area (Å²) < 4.78 is 0. The van der Waals surface area contributed by atoms with Crippen LogP contribution in [0.15, 0.2) is 106 Å². The first-order valence-corrected chi connectivity index (χ1v) is 14.1. The van der Waals surface area contributed by atoms with Crippen molar-refractivity contribution in [3.63, 3.8) is 0 Å². The van der Waals surface area contributed by atoms with E-state index in [1.54, 1.807) is 78.9 Å². The average molecular weight is 571 g/mol. The molecule has 10 heteroatoms. The molecule has 0 spiro atoms. The molecule has 1 aromatic heterocycles. The quantitative estimate of drug-likeness (QED) is 0.141. The van der Waals surface area contributed by atoms with Crippen molar-refractivity contribution in [2.24, 2.45) is 0 Å². The molecule has 3 aromatic carbocycles. The van der Waals surface area contributed by atoms with Crippen LogP contribution in [0.25, 0.3) is 6.08 Å². The Morgan fingerprint density at radius 3 is 2.02 bits per heavy atom. The number of nitrogens with one attached hydrogen (secondary N) is 4. The summed E-state index contributed by atoms with van der Waals surface area (Å²) in [5.74, 6) is -0.986. The van der Waals surface area contributed by atoms with Crippen molar-refractivity contribution < 1.29 is 19.2 Å². The molecule has 0 fully saturated rings. The van der Waals surface area contributed by atoms with Crippen LogP contribution in [0, 0.1) is 0 Å². The SMILES string of the molecule is CC(=O)Nc1ccc(NC(=O)CSc2ccc(NC(=O)/C(=C/c3ccsc3)NC(=O)c3ccccc3)cc2)cc1. The molecule has 4 N–H and O–H groups in total. The lowest BCUT2D eigenvalue weighted by Crippen LogP contribution is -2.30. The molecule has 0 aliphatic heterocycles. The number of carbonyl (C=O) groups excluding carboxylic acids is 4. The lowest BCUT2D eigenvalue weighted by molar-refractivity contribution is -0.114. The van der Waals surface area contributed by atoms with Crippen molar-refractivity contribution in [3.05, 3.63) is 113 Å². The highest BCUT2D eigenvalue weighted by Crippen LogP contribution is 2.22. The predicted molar refractivity (Wildman–Crippen MR) is 161 cm³/mol. The van der Waals surface area contributed by atoms with Crippen LogP contribution in [0.1, 0.15) is 22.8 Å². The van der Waals surface area contributed by atoms with Gasteiger partial charge in [0, 0.05) is 34.4 Å². The van der Waals surface area contributed by atoms with Crippen LogP contribution in [-0.2, 0) is 14.4 Å². The third kappa shape index (κ3) is 8.69. The highest BCUT2D eigenvalue weighted by molar-refractivity contribution is 8.00. The molecule has 8 nitrogen and oxygen atoms in total. The number of thiophene rings is 1. The first kappa shape index (κ1) is 28.3. The summed E-state index contributed by atoms with van der Waals surface area (Å²) in [6, 6.07) is 24.5. The van der Waals surface area contributed by atoms with Crippen molar-refractivity contribution in [2.45, 2.75) is 11.8 Å². The van der Waals surface area contributed by atoms with E-state index in [0.29, 0.717) is 22.6 Å². The molecule has 0 atom stereocenters. The zero-order valence-corrected chi connectivity index (χ0v) is 23.1. The number of carbonyl (C=O) groups is 4. The van der Waals surface area contributed by atoms with Crippen LogP contribution < -0.4 is 21.3 Å². The smallest absolute Gasteiger partial charge is 0.272 e. The highest BCUT2D eigenvalue weighted by Gasteiger charge is 2.15. The van der Waals surface area contributed by atoms with Gasteiger partial charge in [-0.2, -0.15) is 11.3 Å². The number of thioether (sulfide) groups is 1. The van der Waals surface area contributed by atoms with E-state index in [4.69, 9.17) is 0 Å². The summed E-state index contributed by atoms with van der Waals surface area (Å²) in [6.45, 7) is 1.43. The number of hydrogen-bond donors (Lipinski definition) is 4. The molecule has 4 amide bonds. The molecule has 0 bridgehead atoms. The van der Waals surface area contributed by atoms with Gasteiger partial charge in [-0.15, -0.1) is 11.8 Å². The van der Waals surface area contributed by atoms with E-state index in [2.05, 4.69) is 21.3 Å². The van der Waals surface area contributed by atoms with Gasteiger partial charge in [0.2, 0.25) is 11.8 Å². The summed E-state index contributed by atoms with van der Waals surface area (Å²) in [7, 11) is 0. The van der Waals surface area contributed by atoms with E-state index >= 15 is 0 Å². The Bertz CT molecular complexity index is 1500. The predicted octanol–water partition coefficient (Wildman–Crippen LogP) is 5.85. The maximum absolute atomic E-state index is 13.1. The van der Waals surface area contributed by atoms with Gasteiger partial charge in [0.1, 0.15) is 5.70 Å². The van der Waals surface area contributed by atoms with Crippen molar-refractivity contribution in [1.29, 1.82) is 0 Å². The van der Waals surface area contributed by atoms with Crippen LogP contribution >= 0.6 is 23.1 Å². The van der Waals surface area contributed by atoms with Crippen LogP contribution in [-0.4, -0.2) is 29.4 Å². The van der Waals surface area contributed by atoms with Gasteiger partial charge in [0.25, 0.3) is 11.8 Å². The number of hydrogen-bond acceptors (Lipinski definition) is 6. The number of benzene rings is 3. The van der Waals surface area contributed by atoms with Gasteiger partial charge in [0.15, 0.2) is 0 Å². The molecule has 0 aliphatic rings. The second-order valence-corrected chi connectivity index (χ2v) is 10.3. The molecule has 40 heavy (non-hydrogen) atoms. The molecule has 0 saturated carbocycles. The fraction of sp³-hybridized carbons (Fsp3) is 0.0667. The van der Waals surface area contributed by atoms with Crippen LogP contribution in [0.2, 0.25) is 0 Å². The van der Waals surface area contributed by atoms with E-state index < -0.39 is 5.91 Å². The Hall–Kier alpha value is -4.67. The normalized spacial score (nSPS) is 10.9. The second-order valence-electron chi connectivity index (χ2n) is 8.51. The number of amides is 4. The molecule has 0 unspecified atom stereocenters.